The minimum Gasteiger partial charge on any atom is -0.480 e. The normalized spacial score (nSPS) is 13.6. The van der Waals surface area contributed by atoms with Gasteiger partial charge in [0.15, 0.2) is 0 Å². The minimum atomic E-state index is -1.15. The molecule has 1 amide bonds. The number of aliphatic carboxylic acids is 1. The molecule has 110 valence electrons. The molecule has 0 spiro atoms. The van der Waals surface area contributed by atoms with Gasteiger partial charge in [0.05, 0.1) is 0 Å². The van der Waals surface area contributed by atoms with Gasteiger partial charge in [-0.25, -0.2) is 4.79 Å². The van der Waals surface area contributed by atoms with Crippen molar-refractivity contribution < 1.29 is 24.6 Å². The first-order valence-electron chi connectivity index (χ1n) is 6.51. The van der Waals surface area contributed by atoms with Crippen molar-refractivity contribution in [2.24, 2.45) is 5.92 Å². The van der Waals surface area contributed by atoms with Crippen LogP contribution in [-0.2, 0) is 14.4 Å². The molecule has 6 nitrogen and oxygen atoms in total. The van der Waals surface area contributed by atoms with Crippen molar-refractivity contribution in [3.05, 3.63) is 0 Å². The van der Waals surface area contributed by atoms with Crippen LogP contribution in [0.5, 0.6) is 0 Å². The van der Waals surface area contributed by atoms with Crippen LogP contribution in [0.25, 0.3) is 0 Å². The number of carboxylic acids is 1. The summed E-state index contributed by atoms with van der Waals surface area (Å²) in [4.78, 5) is 33.2. The Morgan fingerprint density at radius 1 is 1.11 bits per heavy atom. The number of unbranched alkanes of at least 4 members (excludes halogenated alkanes) is 2. The number of hydrogen-bond donors (Lipinski definition) is 3. The molecule has 19 heavy (non-hydrogen) atoms. The van der Waals surface area contributed by atoms with Crippen LogP contribution in [0.1, 0.15) is 46.0 Å². The van der Waals surface area contributed by atoms with Gasteiger partial charge in [0, 0.05) is 25.4 Å². The molecular weight excluding hydrogens is 250 g/mol. The lowest BCUT2D eigenvalue weighted by molar-refractivity contribution is -0.143. The molecule has 6 heteroatoms. The van der Waals surface area contributed by atoms with Crippen LogP contribution in [0.2, 0.25) is 0 Å². The number of rotatable bonds is 10. The number of nitrogens with one attached hydrogen (secondary N) is 1. The van der Waals surface area contributed by atoms with Gasteiger partial charge in [0.2, 0.25) is 5.91 Å². The Hall–Kier alpha value is -1.43. The Labute approximate surface area is 113 Å². The Kier molecular flexibility index (Phi) is 8.78. The van der Waals surface area contributed by atoms with Gasteiger partial charge < -0.3 is 20.3 Å². The average molecular weight is 273 g/mol. The van der Waals surface area contributed by atoms with Crippen molar-refractivity contribution in [3.63, 3.8) is 0 Å². The first-order valence-corrected chi connectivity index (χ1v) is 6.51. The zero-order valence-corrected chi connectivity index (χ0v) is 11.5. The monoisotopic (exact) mass is 273 g/mol. The first-order chi connectivity index (χ1) is 8.88. The van der Waals surface area contributed by atoms with Gasteiger partial charge in [-0.2, -0.15) is 0 Å². The molecule has 0 aliphatic rings. The number of aliphatic hydroxyl groups excluding tert-OH is 1. The smallest absolute Gasteiger partial charge is 0.326 e. The number of ketones is 1. The van der Waals surface area contributed by atoms with Crippen molar-refractivity contribution in [1.82, 2.24) is 5.32 Å². The third-order valence-corrected chi connectivity index (χ3v) is 2.87. The summed E-state index contributed by atoms with van der Waals surface area (Å²) in [7, 11) is 0. The molecule has 0 aromatic heterocycles. The predicted octanol–water partition coefficient (Wildman–Crippen LogP) is 0.724. The molecule has 0 heterocycles. The third kappa shape index (κ3) is 8.31. The molecule has 0 rings (SSSR count). The van der Waals surface area contributed by atoms with Crippen LogP contribution in [-0.4, -0.2) is 40.5 Å². The Morgan fingerprint density at radius 2 is 1.68 bits per heavy atom. The fourth-order valence-corrected chi connectivity index (χ4v) is 1.63. The maximum Gasteiger partial charge on any atom is 0.326 e. The van der Waals surface area contributed by atoms with E-state index in [1.807, 2.05) is 0 Å². The topological polar surface area (TPSA) is 104 Å². The quantitative estimate of drug-likeness (QED) is 0.509. The molecule has 0 aromatic rings. The number of amides is 1. The first kappa shape index (κ1) is 17.6. The highest BCUT2D eigenvalue weighted by atomic mass is 16.4. The van der Waals surface area contributed by atoms with Gasteiger partial charge in [0.1, 0.15) is 11.8 Å². The largest absolute Gasteiger partial charge is 0.480 e. The second-order valence-electron chi connectivity index (χ2n) is 4.81. The second-order valence-corrected chi connectivity index (χ2v) is 4.81. The summed E-state index contributed by atoms with van der Waals surface area (Å²) in [6.45, 7) is 2.79. The lowest BCUT2D eigenvalue weighted by Crippen LogP contribution is -2.46. The number of Topliss-reactive ketones (excluding diaryl/α,β-unsaturated/α-hetero) is 1. The van der Waals surface area contributed by atoms with Crippen LogP contribution in [0.4, 0.5) is 0 Å². The highest BCUT2D eigenvalue weighted by molar-refractivity contribution is 5.83. The number of hydrogen-bond acceptors (Lipinski definition) is 4. The van der Waals surface area contributed by atoms with E-state index in [9.17, 15) is 14.4 Å². The minimum absolute atomic E-state index is 0.132. The molecular formula is C13H23NO5. The van der Waals surface area contributed by atoms with Crippen LogP contribution < -0.4 is 5.32 Å². The summed E-state index contributed by atoms with van der Waals surface area (Å²) >= 11 is 0. The van der Waals surface area contributed by atoms with E-state index in [0.717, 1.165) is 12.8 Å². The van der Waals surface area contributed by atoms with E-state index in [-0.39, 0.29) is 24.7 Å². The summed E-state index contributed by atoms with van der Waals surface area (Å²) in [6, 6.07) is -1.06. The molecule has 0 aliphatic heterocycles. The van der Waals surface area contributed by atoms with E-state index < -0.39 is 17.9 Å². The van der Waals surface area contributed by atoms with E-state index >= 15 is 0 Å². The number of carbonyl (C=O) groups excluding carboxylic acids is 2. The Morgan fingerprint density at radius 3 is 2.16 bits per heavy atom. The van der Waals surface area contributed by atoms with Gasteiger partial charge in [-0.1, -0.05) is 13.3 Å². The van der Waals surface area contributed by atoms with Crippen molar-refractivity contribution in [3.8, 4) is 0 Å². The van der Waals surface area contributed by atoms with E-state index in [2.05, 4.69) is 5.32 Å². The van der Waals surface area contributed by atoms with Gasteiger partial charge >= 0.3 is 5.97 Å². The fourth-order valence-electron chi connectivity index (χ4n) is 1.63. The lowest BCUT2D eigenvalue weighted by atomic mass is 10.0. The highest BCUT2D eigenvalue weighted by Gasteiger charge is 2.25. The van der Waals surface area contributed by atoms with Gasteiger partial charge in [0.25, 0.3) is 0 Å². The highest BCUT2D eigenvalue weighted by Crippen LogP contribution is 2.06. The van der Waals surface area contributed by atoms with Crippen LogP contribution in [0, 0.1) is 5.92 Å². The summed E-state index contributed by atoms with van der Waals surface area (Å²) < 4.78 is 0. The van der Waals surface area contributed by atoms with E-state index in [4.69, 9.17) is 10.2 Å². The molecule has 0 radical (unpaired) electrons. The zero-order valence-electron chi connectivity index (χ0n) is 11.5. The average Bonchev–Trinajstić information content (AvgIpc) is 2.33. The zero-order chi connectivity index (χ0) is 14.8. The summed E-state index contributed by atoms with van der Waals surface area (Å²) in [6.07, 6.45) is 2.89. The van der Waals surface area contributed by atoms with Crippen LogP contribution >= 0.6 is 0 Å². The number of carboxylic acid groups (broad SMARTS) is 1. The molecule has 2 atom stereocenters. The van der Waals surface area contributed by atoms with E-state index in [0.29, 0.717) is 12.8 Å². The number of aliphatic hydroxyl groups is 1. The molecule has 0 saturated carbocycles. The predicted molar refractivity (Wildman–Crippen MR) is 69.6 cm³/mol. The third-order valence-electron chi connectivity index (χ3n) is 2.87. The second kappa shape index (κ2) is 9.49. The Balaban J connectivity index is 3.94. The molecule has 0 aliphatic carbocycles. The molecule has 0 fully saturated rings. The maximum atomic E-state index is 11.6. The van der Waals surface area contributed by atoms with Crippen molar-refractivity contribution in [2.45, 2.75) is 52.0 Å². The molecule has 0 saturated heterocycles. The molecule has 0 aromatic carbocycles. The van der Waals surface area contributed by atoms with Crippen LogP contribution in [0.3, 0.4) is 0 Å². The number of carbonyl (C=O) groups is 3. The standard InChI is InChI=1S/C13H23NO5/c1-9(8-15)12(13(18)19)14-11(17)7-5-3-4-6-10(2)16/h9,12,15H,3-8H2,1-2H3,(H,14,17)(H,18,19)/t9-,12-/m1/s1. The van der Waals surface area contributed by atoms with Gasteiger partial charge in [-0.15, -0.1) is 0 Å². The Bertz CT molecular complexity index is 316. The van der Waals surface area contributed by atoms with Crippen LogP contribution in [0.15, 0.2) is 0 Å². The van der Waals surface area contributed by atoms with Crippen molar-refractivity contribution in [2.75, 3.05) is 6.61 Å². The summed E-state index contributed by atoms with van der Waals surface area (Å²) in [5.74, 6) is -1.88. The molecule has 3 N–H and O–H groups in total. The molecule has 0 bridgehead atoms. The van der Waals surface area contributed by atoms with E-state index in [1.165, 1.54) is 6.92 Å². The fraction of sp³-hybridized carbons (Fsp3) is 0.769. The maximum absolute atomic E-state index is 11.6. The van der Waals surface area contributed by atoms with Gasteiger partial charge in [-0.05, 0) is 19.8 Å². The van der Waals surface area contributed by atoms with E-state index in [1.54, 1.807) is 6.92 Å². The lowest BCUT2D eigenvalue weighted by Gasteiger charge is -2.19. The summed E-state index contributed by atoms with van der Waals surface area (Å²) in [5, 5.41) is 20.3. The van der Waals surface area contributed by atoms with Gasteiger partial charge in [-0.3, -0.25) is 4.79 Å². The van der Waals surface area contributed by atoms with Crippen molar-refractivity contribution in [1.29, 1.82) is 0 Å². The van der Waals surface area contributed by atoms with Crippen molar-refractivity contribution >= 4 is 17.7 Å². The SMILES string of the molecule is CC(=O)CCCCCC(=O)N[C@@H](C(=O)O)[C@H](C)CO. The molecule has 0 unspecified atom stereocenters. The summed E-state index contributed by atoms with van der Waals surface area (Å²) in [5.41, 5.74) is 0.